The van der Waals surface area contributed by atoms with Gasteiger partial charge in [0.2, 0.25) is 5.91 Å². The van der Waals surface area contributed by atoms with Crippen LogP contribution in [-0.2, 0) is 18.3 Å². The third-order valence-corrected chi connectivity index (χ3v) is 4.48. The second-order valence-electron chi connectivity index (χ2n) is 5.92. The molecular weight excluding hydrogens is 290 g/mol. The van der Waals surface area contributed by atoms with Crippen LogP contribution in [0.1, 0.15) is 24.4 Å². The molecule has 1 amide bonds. The van der Waals surface area contributed by atoms with Gasteiger partial charge in [-0.15, -0.1) is 0 Å². The molecule has 23 heavy (non-hydrogen) atoms. The van der Waals surface area contributed by atoms with E-state index >= 15 is 0 Å². The first-order valence-electron chi connectivity index (χ1n) is 8.07. The number of hydrogen-bond acceptors (Lipinski definition) is 4. The Labute approximate surface area is 136 Å². The van der Waals surface area contributed by atoms with Crippen LogP contribution in [0.3, 0.4) is 0 Å². The topological polar surface area (TPSA) is 54.3 Å². The number of hydrogen-bond donors (Lipinski definition) is 0. The summed E-state index contributed by atoms with van der Waals surface area (Å²) in [6.07, 6.45) is 7.67. The molecule has 1 fully saturated rings. The van der Waals surface area contributed by atoms with Gasteiger partial charge in [-0.05, 0) is 18.2 Å². The van der Waals surface area contributed by atoms with Gasteiger partial charge in [0.1, 0.15) is 5.82 Å². The van der Waals surface area contributed by atoms with Crippen molar-refractivity contribution >= 4 is 5.91 Å². The normalized spacial score (nSPS) is 19.0. The Kier molecular flexibility index (Phi) is 4.71. The molecule has 0 bridgehead atoms. The van der Waals surface area contributed by atoms with Crippen molar-refractivity contribution in [1.29, 1.82) is 0 Å². The molecular formula is C17H23N5O. The van der Waals surface area contributed by atoms with Gasteiger partial charge in [-0.25, -0.2) is 4.98 Å². The summed E-state index contributed by atoms with van der Waals surface area (Å²) in [4.78, 5) is 25.5. The van der Waals surface area contributed by atoms with Crippen LogP contribution in [0, 0.1) is 0 Å². The number of pyridine rings is 1. The smallest absolute Gasteiger partial charge is 0.227 e. The quantitative estimate of drug-likeness (QED) is 0.853. The van der Waals surface area contributed by atoms with Crippen molar-refractivity contribution in [3.05, 3.63) is 48.3 Å². The van der Waals surface area contributed by atoms with Gasteiger partial charge in [0.05, 0.1) is 12.5 Å². The van der Waals surface area contributed by atoms with Crippen LogP contribution in [0.4, 0.5) is 0 Å². The second-order valence-corrected chi connectivity index (χ2v) is 5.92. The van der Waals surface area contributed by atoms with E-state index in [9.17, 15) is 4.79 Å². The van der Waals surface area contributed by atoms with Gasteiger partial charge in [-0.1, -0.05) is 13.0 Å². The Bertz CT molecular complexity index is 654. The zero-order valence-corrected chi connectivity index (χ0v) is 13.7. The van der Waals surface area contributed by atoms with Crippen LogP contribution < -0.4 is 0 Å². The summed E-state index contributed by atoms with van der Waals surface area (Å²) in [5.74, 6) is 1.18. The van der Waals surface area contributed by atoms with Gasteiger partial charge in [0, 0.05) is 51.5 Å². The molecule has 0 radical (unpaired) electrons. The highest BCUT2D eigenvalue weighted by Gasteiger charge is 2.31. The first kappa shape index (κ1) is 15.7. The summed E-state index contributed by atoms with van der Waals surface area (Å²) in [6, 6.07) is 3.98. The number of rotatable bonds is 4. The van der Waals surface area contributed by atoms with Gasteiger partial charge in [0.15, 0.2) is 0 Å². The van der Waals surface area contributed by atoms with E-state index in [1.807, 2.05) is 41.0 Å². The van der Waals surface area contributed by atoms with Crippen LogP contribution in [0.15, 0.2) is 36.9 Å². The van der Waals surface area contributed by atoms with E-state index in [4.69, 9.17) is 0 Å². The van der Waals surface area contributed by atoms with Crippen molar-refractivity contribution in [2.45, 2.75) is 19.4 Å². The molecule has 6 heteroatoms. The summed E-state index contributed by atoms with van der Waals surface area (Å²) in [6.45, 7) is 5.46. The highest BCUT2D eigenvalue weighted by atomic mass is 16.2. The molecule has 3 heterocycles. The largest absolute Gasteiger partial charge is 0.339 e. The standard InChI is InChI=1S/C17H23N5O/c1-3-21-9-10-22(13-15(21)17-19-7-8-20(17)2)16(23)11-14-5-4-6-18-12-14/h4-8,12,15H,3,9-11,13H2,1-2H3/t15-/m0/s1. The van der Waals surface area contributed by atoms with E-state index in [1.54, 1.807) is 12.4 Å². The average molecular weight is 313 g/mol. The first-order chi connectivity index (χ1) is 11.2. The predicted molar refractivity (Wildman–Crippen MR) is 87.7 cm³/mol. The summed E-state index contributed by atoms with van der Waals surface area (Å²) in [5, 5.41) is 0. The molecule has 1 aliphatic rings. The van der Waals surface area contributed by atoms with E-state index in [-0.39, 0.29) is 11.9 Å². The molecule has 0 spiro atoms. The van der Waals surface area contributed by atoms with Crippen LogP contribution in [0.5, 0.6) is 0 Å². The molecule has 0 unspecified atom stereocenters. The summed E-state index contributed by atoms with van der Waals surface area (Å²) < 4.78 is 2.04. The van der Waals surface area contributed by atoms with Gasteiger partial charge in [-0.2, -0.15) is 0 Å². The third-order valence-electron chi connectivity index (χ3n) is 4.48. The van der Waals surface area contributed by atoms with Crippen molar-refractivity contribution in [1.82, 2.24) is 24.3 Å². The molecule has 2 aromatic rings. The molecule has 1 aliphatic heterocycles. The van der Waals surface area contributed by atoms with Crippen molar-refractivity contribution in [2.24, 2.45) is 7.05 Å². The fraction of sp³-hybridized carbons (Fsp3) is 0.471. The molecule has 0 aromatic carbocycles. The number of imidazole rings is 1. The fourth-order valence-electron chi connectivity index (χ4n) is 3.16. The monoisotopic (exact) mass is 313 g/mol. The van der Waals surface area contributed by atoms with Gasteiger partial charge < -0.3 is 9.47 Å². The minimum atomic E-state index is 0.159. The zero-order chi connectivity index (χ0) is 16.2. The first-order valence-corrected chi connectivity index (χ1v) is 8.07. The van der Waals surface area contributed by atoms with Crippen LogP contribution in [0.25, 0.3) is 0 Å². The lowest BCUT2D eigenvalue weighted by atomic mass is 10.1. The maximum atomic E-state index is 12.6. The Morgan fingerprint density at radius 1 is 1.35 bits per heavy atom. The van der Waals surface area contributed by atoms with Crippen LogP contribution >= 0.6 is 0 Å². The number of aryl methyl sites for hydroxylation is 1. The van der Waals surface area contributed by atoms with Gasteiger partial charge >= 0.3 is 0 Å². The molecule has 0 aliphatic carbocycles. The van der Waals surface area contributed by atoms with E-state index in [0.717, 1.165) is 31.0 Å². The molecule has 1 saturated heterocycles. The summed E-state index contributed by atoms with van der Waals surface area (Å²) in [5.41, 5.74) is 0.962. The highest BCUT2D eigenvalue weighted by Crippen LogP contribution is 2.24. The number of aromatic nitrogens is 3. The van der Waals surface area contributed by atoms with E-state index in [2.05, 4.69) is 21.8 Å². The Morgan fingerprint density at radius 2 is 2.22 bits per heavy atom. The molecule has 0 N–H and O–H groups in total. The lowest BCUT2D eigenvalue weighted by molar-refractivity contribution is -0.133. The van der Waals surface area contributed by atoms with Crippen molar-refractivity contribution in [3.8, 4) is 0 Å². The number of nitrogens with zero attached hydrogens (tertiary/aromatic N) is 5. The van der Waals surface area contributed by atoms with E-state index < -0.39 is 0 Å². The number of piperazine rings is 1. The number of amides is 1. The Morgan fingerprint density at radius 3 is 2.87 bits per heavy atom. The lowest BCUT2D eigenvalue weighted by Gasteiger charge is -2.40. The SMILES string of the molecule is CCN1CCN(C(=O)Cc2cccnc2)C[C@H]1c1nccn1C. The number of carbonyl (C=O) groups is 1. The zero-order valence-electron chi connectivity index (χ0n) is 13.7. The van der Waals surface area contributed by atoms with Crippen LogP contribution in [-0.4, -0.2) is 56.4 Å². The highest BCUT2D eigenvalue weighted by molar-refractivity contribution is 5.78. The van der Waals surface area contributed by atoms with Crippen molar-refractivity contribution in [2.75, 3.05) is 26.2 Å². The number of carbonyl (C=O) groups excluding carboxylic acids is 1. The Balaban J connectivity index is 1.72. The molecule has 1 atom stereocenters. The lowest BCUT2D eigenvalue weighted by Crippen LogP contribution is -2.51. The minimum Gasteiger partial charge on any atom is -0.339 e. The second kappa shape index (κ2) is 6.91. The average Bonchev–Trinajstić information content (AvgIpc) is 3.01. The third kappa shape index (κ3) is 3.42. The minimum absolute atomic E-state index is 0.159. The van der Waals surface area contributed by atoms with Crippen molar-refractivity contribution in [3.63, 3.8) is 0 Å². The number of likely N-dealkylation sites (N-methyl/N-ethyl adjacent to an activating group) is 1. The molecule has 3 rings (SSSR count). The van der Waals surface area contributed by atoms with Crippen molar-refractivity contribution < 1.29 is 4.79 Å². The fourth-order valence-corrected chi connectivity index (χ4v) is 3.16. The van der Waals surface area contributed by atoms with Crippen LogP contribution in [0.2, 0.25) is 0 Å². The maximum absolute atomic E-state index is 12.6. The molecule has 0 saturated carbocycles. The summed E-state index contributed by atoms with van der Waals surface area (Å²) >= 11 is 0. The summed E-state index contributed by atoms with van der Waals surface area (Å²) in [7, 11) is 2.01. The molecule has 122 valence electrons. The van der Waals surface area contributed by atoms with Gasteiger partial charge in [0.25, 0.3) is 0 Å². The van der Waals surface area contributed by atoms with E-state index in [1.165, 1.54) is 0 Å². The molecule has 6 nitrogen and oxygen atoms in total. The maximum Gasteiger partial charge on any atom is 0.227 e. The van der Waals surface area contributed by atoms with Gasteiger partial charge in [-0.3, -0.25) is 14.7 Å². The Hall–Kier alpha value is -2.21. The molecule has 2 aromatic heterocycles. The van der Waals surface area contributed by atoms with E-state index in [0.29, 0.717) is 13.0 Å². The predicted octanol–water partition coefficient (Wildman–Crippen LogP) is 1.26.